The van der Waals surface area contributed by atoms with Crippen LogP contribution in [-0.4, -0.2) is 52.0 Å². The van der Waals surface area contributed by atoms with Crippen LogP contribution in [0.2, 0.25) is 0 Å². The highest BCUT2D eigenvalue weighted by Crippen LogP contribution is 2.28. The van der Waals surface area contributed by atoms with Gasteiger partial charge in [0.05, 0.1) is 52.8 Å². The minimum Gasteiger partial charge on any atom is -0.378 e. The quantitative estimate of drug-likeness (QED) is 0.516. The predicted molar refractivity (Wildman–Crippen MR) is 122 cm³/mol. The highest BCUT2D eigenvalue weighted by molar-refractivity contribution is 7.13. The summed E-state index contributed by atoms with van der Waals surface area (Å²) in [7, 11) is 0. The number of nitrogens with zero attached hydrogens (tertiary/aromatic N) is 5. The molecule has 1 amide bonds. The third-order valence-electron chi connectivity index (χ3n) is 5.27. The van der Waals surface area contributed by atoms with Gasteiger partial charge in [0, 0.05) is 19.6 Å². The zero-order valence-electron chi connectivity index (χ0n) is 17.1. The first kappa shape index (κ1) is 19.7. The largest absolute Gasteiger partial charge is 0.378 e. The average molecular weight is 435 g/mol. The fourth-order valence-electron chi connectivity index (χ4n) is 3.66. The molecule has 1 fully saturated rings. The van der Waals surface area contributed by atoms with Crippen molar-refractivity contribution >= 4 is 39.8 Å². The molecule has 5 heterocycles. The van der Waals surface area contributed by atoms with Crippen LogP contribution in [0, 0.1) is 0 Å². The number of aryl methyl sites for hydroxylation is 1. The number of ether oxygens (including phenoxy) is 1. The monoisotopic (exact) mass is 434 g/mol. The van der Waals surface area contributed by atoms with E-state index in [-0.39, 0.29) is 5.91 Å². The smallest absolute Gasteiger partial charge is 0.256 e. The second-order valence-corrected chi connectivity index (χ2v) is 8.14. The first-order valence-corrected chi connectivity index (χ1v) is 11.1. The molecule has 0 radical (unpaired) electrons. The van der Waals surface area contributed by atoms with Crippen molar-refractivity contribution in [1.29, 1.82) is 0 Å². The Balaban J connectivity index is 1.44. The highest BCUT2D eigenvalue weighted by atomic mass is 32.1. The molecule has 0 saturated carbocycles. The van der Waals surface area contributed by atoms with Crippen LogP contribution in [0.4, 0.5) is 11.5 Å². The predicted octanol–water partition coefficient (Wildman–Crippen LogP) is 3.66. The maximum Gasteiger partial charge on any atom is 0.256 e. The molecule has 5 rings (SSSR count). The number of nitrogens with one attached hydrogen (secondary N) is 1. The molecule has 0 unspecified atom stereocenters. The third kappa shape index (κ3) is 3.89. The molecule has 4 aromatic rings. The van der Waals surface area contributed by atoms with Gasteiger partial charge >= 0.3 is 0 Å². The van der Waals surface area contributed by atoms with E-state index in [2.05, 4.69) is 20.3 Å². The van der Waals surface area contributed by atoms with E-state index in [1.54, 1.807) is 23.7 Å². The maximum absolute atomic E-state index is 13.2. The van der Waals surface area contributed by atoms with E-state index in [1.165, 1.54) is 0 Å². The summed E-state index contributed by atoms with van der Waals surface area (Å²) in [5.41, 5.74) is 2.67. The van der Waals surface area contributed by atoms with E-state index in [9.17, 15) is 4.79 Å². The minimum atomic E-state index is -0.207. The van der Waals surface area contributed by atoms with Gasteiger partial charge in [-0.1, -0.05) is 6.07 Å². The maximum atomic E-state index is 13.2. The van der Waals surface area contributed by atoms with Gasteiger partial charge in [-0.15, -0.1) is 11.3 Å². The summed E-state index contributed by atoms with van der Waals surface area (Å²) in [5.74, 6) is 0.679. The lowest BCUT2D eigenvalue weighted by atomic mass is 10.1. The van der Waals surface area contributed by atoms with Crippen LogP contribution in [0.5, 0.6) is 0 Å². The number of carbonyl (C=O) groups excluding carboxylic acids is 1. The van der Waals surface area contributed by atoms with Gasteiger partial charge in [0.1, 0.15) is 5.82 Å². The Morgan fingerprint density at radius 3 is 2.81 bits per heavy atom. The standard InChI is InChI=1S/C22H22N6O2S/c1-2-28-21-17(14-24-28)16(12-18(26-21)19-4-3-11-31-19)22(29)25-15-5-6-20(23-13-15)27-7-9-30-10-8-27/h3-6,11-14H,2,7-10H2,1H3,(H,25,29). The number of fused-ring (bicyclic) bond motifs is 1. The number of morpholine rings is 1. The molecule has 1 saturated heterocycles. The SMILES string of the molecule is CCn1ncc2c(C(=O)Nc3ccc(N4CCOCC4)nc3)cc(-c3cccs3)nc21. The summed E-state index contributed by atoms with van der Waals surface area (Å²) in [6.45, 7) is 5.74. The minimum absolute atomic E-state index is 0.207. The van der Waals surface area contributed by atoms with E-state index in [1.807, 2.05) is 47.3 Å². The molecule has 4 aromatic heterocycles. The molecule has 8 nitrogen and oxygen atoms in total. The molecule has 0 spiro atoms. The number of pyridine rings is 2. The first-order chi connectivity index (χ1) is 15.2. The Bertz CT molecular complexity index is 1200. The Morgan fingerprint density at radius 2 is 2.10 bits per heavy atom. The number of amides is 1. The number of rotatable bonds is 5. The highest BCUT2D eigenvalue weighted by Gasteiger charge is 2.18. The second kappa shape index (κ2) is 8.44. The average Bonchev–Trinajstić information content (AvgIpc) is 3.49. The lowest BCUT2D eigenvalue weighted by Crippen LogP contribution is -2.36. The second-order valence-electron chi connectivity index (χ2n) is 7.19. The van der Waals surface area contributed by atoms with Crippen molar-refractivity contribution in [3.05, 3.63) is 53.7 Å². The van der Waals surface area contributed by atoms with Crippen molar-refractivity contribution in [1.82, 2.24) is 19.7 Å². The first-order valence-electron chi connectivity index (χ1n) is 10.2. The van der Waals surface area contributed by atoms with Crippen molar-refractivity contribution in [3.63, 3.8) is 0 Å². The van der Waals surface area contributed by atoms with Crippen LogP contribution >= 0.6 is 11.3 Å². The zero-order chi connectivity index (χ0) is 21.2. The topological polar surface area (TPSA) is 85.2 Å². The normalized spacial score (nSPS) is 14.2. The molecule has 0 bridgehead atoms. The summed E-state index contributed by atoms with van der Waals surface area (Å²) in [5, 5.41) is 10.1. The molecular weight excluding hydrogens is 412 g/mol. The zero-order valence-corrected chi connectivity index (χ0v) is 17.9. The van der Waals surface area contributed by atoms with Gasteiger partial charge in [-0.2, -0.15) is 5.10 Å². The summed E-state index contributed by atoms with van der Waals surface area (Å²) < 4.78 is 7.20. The van der Waals surface area contributed by atoms with Gasteiger partial charge in [0.2, 0.25) is 0 Å². The van der Waals surface area contributed by atoms with Crippen molar-refractivity contribution in [2.75, 3.05) is 36.5 Å². The number of hydrogen-bond donors (Lipinski definition) is 1. The van der Waals surface area contributed by atoms with Gasteiger partial charge in [-0.25, -0.2) is 14.6 Å². The molecule has 158 valence electrons. The Morgan fingerprint density at radius 1 is 1.23 bits per heavy atom. The van der Waals surface area contributed by atoms with Gasteiger partial charge in [-0.3, -0.25) is 4.79 Å². The summed E-state index contributed by atoms with van der Waals surface area (Å²) in [6.07, 6.45) is 3.40. The van der Waals surface area contributed by atoms with Gasteiger partial charge in [0.15, 0.2) is 5.65 Å². The molecule has 0 atom stereocenters. The third-order valence-corrected chi connectivity index (χ3v) is 6.16. The lowest BCUT2D eigenvalue weighted by Gasteiger charge is -2.27. The van der Waals surface area contributed by atoms with E-state index in [0.717, 1.165) is 34.9 Å². The van der Waals surface area contributed by atoms with Crippen LogP contribution < -0.4 is 10.2 Å². The molecule has 1 aliphatic heterocycles. The van der Waals surface area contributed by atoms with E-state index in [4.69, 9.17) is 9.72 Å². The molecule has 0 aliphatic carbocycles. The molecule has 1 aliphatic rings. The molecule has 31 heavy (non-hydrogen) atoms. The van der Waals surface area contributed by atoms with Crippen LogP contribution in [0.15, 0.2) is 48.1 Å². The van der Waals surface area contributed by atoms with E-state index in [0.29, 0.717) is 36.7 Å². The van der Waals surface area contributed by atoms with Crippen molar-refractivity contribution < 1.29 is 9.53 Å². The summed E-state index contributed by atoms with van der Waals surface area (Å²) >= 11 is 1.59. The molecule has 9 heteroatoms. The van der Waals surface area contributed by atoms with Crippen molar-refractivity contribution in [2.45, 2.75) is 13.5 Å². The molecular formula is C22H22N6O2S. The van der Waals surface area contributed by atoms with Gasteiger partial charge in [-0.05, 0) is 36.6 Å². The number of thiophene rings is 1. The Hall–Kier alpha value is -3.30. The van der Waals surface area contributed by atoms with Crippen LogP contribution in [-0.2, 0) is 11.3 Å². The molecule has 1 N–H and O–H groups in total. The Kier molecular flexibility index (Phi) is 5.35. The van der Waals surface area contributed by atoms with Crippen molar-refractivity contribution in [3.8, 4) is 10.6 Å². The fourth-order valence-corrected chi connectivity index (χ4v) is 4.34. The van der Waals surface area contributed by atoms with Crippen LogP contribution in [0.25, 0.3) is 21.6 Å². The van der Waals surface area contributed by atoms with Crippen LogP contribution in [0.1, 0.15) is 17.3 Å². The number of hydrogen-bond acceptors (Lipinski definition) is 7. The van der Waals surface area contributed by atoms with Crippen molar-refractivity contribution in [2.24, 2.45) is 0 Å². The number of anilines is 2. The summed E-state index contributed by atoms with van der Waals surface area (Å²) in [6, 6.07) is 9.62. The fraction of sp³-hybridized carbons (Fsp3) is 0.273. The number of aromatic nitrogens is 4. The van der Waals surface area contributed by atoms with Crippen LogP contribution in [0.3, 0.4) is 0 Å². The Labute approximate surface area is 183 Å². The lowest BCUT2D eigenvalue weighted by molar-refractivity contribution is 0.102. The number of carbonyl (C=O) groups is 1. The van der Waals surface area contributed by atoms with Gasteiger partial charge in [0.25, 0.3) is 5.91 Å². The van der Waals surface area contributed by atoms with Gasteiger partial charge < -0.3 is 15.0 Å². The molecule has 0 aromatic carbocycles. The summed E-state index contributed by atoms with van der Waals surface area (Å²) in [4.78, 5) is 25.7. The van der Waals surface area contributed by atoms with E-state index < -0.39 is 0 Å². The van der Waals surface area contributed by atoms with E-state index >= 15 is 0 Å².